The highest BCUT2D eigenvalue weighted by molar-refractivity contribution is 6.74. The SMILES string of the molecule is C=CCc1ccc(OCCCOC(=O)/C=C/c2ccc(O[Si](C)(C)C(C)(C)C)c(C)c2)c(OC)c1. The van der Waals surface area contributed by atoms with E-state index >= 15 is 0 Å². The number of aryl methyl sites for hydroxylation is 1. The monoisotopic (exact) mass is 496 g/mol. The zero-order chi connectivity index (χ0) is 26.1. The minimum atomic E-state index is -1.90. The van der Waals surface area contributed by atoms with Gasteiger partial charge in [0.2, 0.25) is 8.32 Å². The van der Waals surface area contributed by atoms with Crippen molar-refractivity contribution in [3.05, 3.63) is 71.8 Å². The third kappa shape index (κ3) is 8.62. The molecule has 35 heavy (non-hydrogen) atoms. The number of carbonyl (C=O) groups is 1. The molecule has 0 amide bonds. The standard InChI is InChI=1S/C29H40O5Si/c1-9-11-23-13-16-26(27(21-23)31-6)32-18-10-19-33-28(30)17-14-24-12-15-25(22(2)20-24)34-35(7,8)29(3,4)5/h9,12-17,20-21H,1,10-11,18-19H2,2-8H3/b17-14+. The molecular formula is C29H40O5Si. The molecule has 190 valence electrons. The molecular weight excluding hydrogens is 456 g/mol. The number of benzene rings is 2. The molecule has 0 aromatic heterocycles. The number of allylic oxidation sites excluding steroid dienone is 1. The van der Waals surface area contributed by atoms with Crippen LogP contribution in [0.1, 0.15) is 43.9 Å². The van der Waals surface area contributed by atoms with Crippen LogP contribution in [0.25, 0.3) is 6.08 Å². The molecule has 0 saturated heterocycles. The van der Waals surface area contributed by atoms with Gasteiger partial charge >= 0.3 is 5.97 Å². The van der Waals surface area contributed by atoms with Gasteiger partial charge in [-0.2, -0.15) is 0 Å². The van der Waals surface area contributed by atoms with Crippen molar-refractivity contribution in [2.24, 2.45) is 0 Å². The van der Waals surface area contributed by atoms with Gasteiger partial charge in [0.1, 0.15) is 5.75 Å². The van der Waals surface area contributed by atoms with Crippen LogP contribution in [0.5, 0.6) is 17.2 Å². The number of hydrogen-bond donors (Lipinski definition) is 0. The smallest absolute Gasteiger partial charge is 0.330 e. The van der Waals surface area contributed by atoms with E-state index in [9.17, 15) is 4.79 Å². The van der Waals surface area contributed by atoms with Gasteiger partial charge in [-0.1, -0.05) is 39.0 Å². The van der Waals surface area contributed by atoms with Crippen molar-refractivity contribution in [2.75, 3.05) is 20.3 Å². The van der Waals surface area contributed by atoms with Crippen molar-refractivity contribution in [3.63, 3.8) is 0 Å². The van der Waals surface area contributed by atoms with Gasteiger partial charge < -0.3 is 18.6 Å². The second-order valence-electron chi connectivity index (χ2n) is 10.1. The fourth-order valence-corrected chi connectivity index (χ4v) is 4.15. The Morgan fingerprint density at radius 3 is 2.37 bits per heavy atom. The molecule has 0 aliphatic rings. The average molecular weight is 497 g/mol. The van der Waals surface area contributed by atoms with Gasteiger partial charge in [0.05, 0.1) is 20.3 Å². The Kier molecular flexibility index (Phi) is 10.2. The molecule has 2 aromatic rings. The minimum absolute atomic E-state index is 0.134. The fourth-order valence-electron chi connectivity index (χ4n) is 3.07. The summed E-state index contributed by atoms with van der Waals surface area (Å²) in [6.07, 6.45) is 6.41. The number of esters is 1. The van der Waals surface area contributed by atoms with Crippen LogP contribution in [-0.4, -0.2) is 34.6 Å². The van der Waals surface area contributed by atoms with Crippen molar-refractivity contribution in [3.8, 4) is 17.2 Å². The summed E-state index contributed by atoms with van der Waals surface area (Å²) in [5.41, 5.74) is 3.09. The van der Waals surface area contributed by atoms with Gasteiger partial charge in [-0.25, -0.2) is 4.79 Å². The average Bonchev–Trinajstić information content (AvgIpc) is 2.79. The van der Waals surface area contributed by atoms with Crippen molar-refractivity contribution in [1.29, 1.82) is 0 Å². The predicted octanol–water partition coefficient (Wildman–Crippen LogP) is 7.14. The molecule has 0 saturated carbocycles. The van der Waals surface area contributed by atoms with Crippen molar-refractivity contribution in [2.45, 2.75) is 58.7 Å². The summed E-state index contributed by atoms with van der Waals surface area (Å²) >= 11 is 0. The van der Waals surface area contributed by atoms with Crippen LogP contribution < -0.4 is 13.9 Å². The van der Waals surface area contributed by atoms with E-state index in [1.807, 2.05) is 49.4 Å². The first-order chi connectivity index (χ1) is 16.5. The Morgan fingerprint density at radius 1 is 1.03 bits per heavy atom. The molecule has 0 unspecified atom stereocenters. The van der Waals surface area contributed by atoms with Crippen molar-refractivity contribution in [1.82, 2.24) is 0 Å². The van der Waals surface area contributed by atoms with E-state index in [1.165, 1.54) is 6.08 Å². The maximum Gasteiger partial charge on any atom is 0.330 e. The fraction of sp³-hybridized carbons (Fsp3) is 0.414. The highest BCUT2D eigenvalue weighted by atomic mass is 28.4. The van der Waals surface area contributed by atoms with E-state index in [1.54, 1.807) is 13.2 Å². The second-order valence-corrected chi connectivity index (χ2v) is 14.8. The highest BCUT2D eigenvalue weighted by Gasteiger charge is 2.39. The lowest BCUT2D eigenvalue weighted by Crippen LogP contribution is -2.44. The first-order valence-corrected chi connectivity index (χ1v) is 14.9. The topological polar surface area (TPSA) is 54.0 Å². The molecule has 2 rings (SSSR count). The molecule has 0 heterocycles. The molecule has 0 aliphatic heterocycles. The van der Waals surface area contributed by atoms with E-state index in [-0.39, 0.29) is 17.6 Å². The largest absolute Gasteiger partial charge is 0.543 e. The van der Waals surface area contributed by atoms with Gasteiger partial charge in [-0.05, 0) is 78.5 Å². The van der Waals surface area contributed by atoms with E-state index in [4.69, 9.17) is 18.6 Å². The van der Waals surface area contributed by atoms with E-state index < -0.39 is 8.32 Å². The molecule has 2 aromatic carbocycles. The summed E-state index contributed by atoms with van der Waals surface area (Å²) in [7, 11) is -0.284. The Labute approximate surface area is 211 Å². The molecule has 0 bridgehead atoms. The van der Waals surface area contributed by atoms with Gasteiger partial charge in [-0.15, -0.1) is 6.58 Å². The Balaban J connectivity index is 1.80. The minimum Gasteiger partial charge on any atom is -0.543 e. The Bertz CT molecular complexity index is 1030. The predicted molar refractivity (Wildman–Crippen MR) is 146 cm³/mol. The quantitative estimate of drug-likeness (QED) is 0.103. The molecule has 0 aliphatic carbocycles. The molecule has 0 N–H and O–H groups in total. The summed E-state index contributed by atoms with van der Waals surface area (Å²) in [5.74, 6) is 1.88. The Morgan fingerprint density at radius 2 is 1.74 bits per heavy atom. The molecule has 0 atom stereocenters. The maximum atomic E-state index is 12.1. The van der Waals surface area contributed by atoms with Crippen LogP contribution >= 0.6 is 0 Å². The Hall–Kier alpha value is -2.99. The number of ether oxygens (including phenoxy) is 3. The zero-order valence-electron chi connectivity index (χ0n) is 22.3. The summed E-state index contributed by atoms with van der Waals surface area (Å²) < 4.78 is 22.9. The van der Waals surface area contributed by atoms with Crippen LogP contribution in [0, 0.1) is 6.92 Å². The van der Waals surface area contributed by atoms with Gasteiger partial charge in [0.25, 0.3) is 0 Å². The molecule has 5 nitrogen and oxygen atoms in total. The van der Waals surface area contributed by atoms with Crippen LogP contribution in [0.15, 0.2) is 55.1 Å². The van der Waals surface area contributed by atoms with E-state index in [0.29, 0.717) is 24.5 Å². The van der Waals surface area contributed by atoms with Crippen molar-refractivity contribution < 1.29 is 23.4 Å². The second kappa shape index (κ2) is 12.6. The van der Waals surface area contributed by atoms with Crippen LogP contribution in [0.2, 0.25) is 18.1 Å². The lowest BCUT2D eigenvalue weighted by Gasteiger charge is -2.37. The first-order valence-electron chi connectivity index (χ1n) is 12.0. The number of carbonyl (C=O) groups excluding carboxylic acids is 1. The van der Waals surface area contributed by atoms with Crippen LogP contribution in [0.4, 0.5) is 0 Å². The summed E-state index contributed by atoms with van der Waals surface area (Å²) in [6.45, 7) is 17.6. The summed E-state index contributed by atoms with van der Waals surface area (Å²) in [4.78, 5) is 12.1. The van der Waals surface area contributed by atoms with Gasteiger partial charge in [0, 0.05) is 12.5 Å². The van der Waals surface area contributed by atoms with E-state index in [0.717, 1.165) is 28.9 Å². The first kappa shape index (κ1) is 28.2. The molecule has 0 spiro atoms. The maximum absolute atomic E-state index is 12.1. The summed E-state index contributed by atoms with van der Waals surface area (Å²) in [6, 6.07) is 11.8. The molecule has 0 fully saturated rings. The van der Waals surface area contributed by atoms with Crippen molar-refractivity contribution >= 4 is 20.4 Å². The number of hydrogen-bond acceptors (Lipinski definition) is 5. The lowest BCUT2D eigenvalue weighted by atomic mass is 10.1. The molecule has 0 radical (unpaired) electrons. The summed E-state index contributed by atoms with van der Waals surface area (Å²) in [5, 5.41) is 0.134. The molecule has 6 heteroatoms. The normalized spacial score (nSPS) is 11.9. The number of rotatable bonds is 12. The van der Waals surface area contributed by atoms with Gasteiger partial charge in [-0.3, -0.25) is 0 Å². The van der Waals surface area contributed by atoms with Crippen LogP contribution in [0.3, 0.4) is 0 Å². The lowest BCUT2D eigenvalue weighted by molar-refractivity contribution is -0.137. The van der Waals surface area contributed by atoms with E-state index in [2.05, 4.69) is 40.4 Å². The van der Waals surface area contributed by atoms with Crippen LogP contribution in [-0.2, 0) is 16.0 Å². The number of methoxy groups -OCH3 is 1. The zero-order valence-corrected chi connectivity index (χ0v) is 23.3. The van der Waals surface area contributed by atoms with Gasteiger partial charge in [0.15, 0.2) is 11.5 Å². The highest BCUT2D eigenvalue weighted by Crippen LogP contribution is 2.38. The third-order valence-corrected chi connectivity index (χ3v) is 10.5. The third-order valence-electron chi connectivity index (χ3n) is 6.18.